The molecule has 0 saturated carbocycles. The Morgan fingerprint density at radius 2 is 1.21 bits per heavy atom. The zero-order chi connectivity index (χ0) is 56.2. The van der Waals surface area contributed by atoms with Gasteiger partial charge in [0.25, 0.3) is 0 Å². The van der Waals surface area contributed by atoms with Crippen LogP contribution >= 0.6 is 23.1 Å². The standard InChI is InChI=1S/C78H54F2N2S2/c1-48-31-33-52(34-32-48)63-45-56(50-20-8-4-9-21-50)47-66(80)75(63)82(70-29-17-26-59-64-27-14-15-43-78(64,2)84-77(59)70)68-42-38-54-35-39-60-67(41-37-53-36-40-61(68)73(54)72(53)60)81(69-28-16-25-58-57-24-12-13-30-71(57)83-76(58)69)74-62(51-22-10-5-11-23-51)44-55(46-65(74)79)49-18-6-3-7-19-49/h3-6,8-13,16-18,20-31,33-48,64H,7,19,32H2,1-2H3. The first kappa shape index (κ1) is 50.5. The summed E-state index contributed by atoms with van der Waals surface area (Å²) >= 11 is 3.56. The van der Waals surface area contributed by atoms with E-state index in [1.807, 2.05) is 48.2 Å². The highest BCUT2D eigenvalue weighted by Crippen LogP contribution is 2.61. The molecule has 0 spiro atoms. The first-order valence-corrected chi connectivity index (χ1v) is 30.6. The average molecular weight is 1120 g/mol. The summed E-state index contributed by atoms with van der Waals surface area (Å²) < 4.78 is 38.9. The van der Waals surface area contributed by atoms with Gasteiger partial charge in [-0.3, -0.25) is 0 Å². The van der Waals surface area contributed by atoms with E-state index in [-0.39, 0.29) is 22.3 Å². The molecule has 2 nitrogen and oxygen atoms in total. The minimum Gasteiger partial charge on any atom is -0.305 e. The fourth-order valence-corrected chi connectivity index (χ4v) is 16.3. The molecule has 16 rings (SSSR count). The zero-order valence-corrected chi connectivity index (χ0v) is 48.0. The van der Waals surface area contributed by atoms with E-state index in [0.29, 0.717) is 17.3 Å². The predicted octanol–water partition coefficient (Wildman–Crippen LogP) is 23.0. The molecule has 0 fully saturated rings. The van der Waals surface area contributed by atoms with Crippen molar-refractivity contribution in [3.63, 3.8) is 0 Å². The molecule has 1 aromatic heterocycles. The van der Waals surface area contributed by atoms with Crippen LogP contribution in [-0.4, -0.2) is 4.75 Å². The molecule has 3 aliphatic carbocycles. The van der Waals surface area contributed by atoms with Crippen molar-refractivity contribution in [2.75, 3.05) is 9.80 Å². The molecule has 2 heterocycles. The Morgan fingerprint density at radius 3 is 1.94 bits per heavy atom. The summed E-state index contributed by atoms with van der Waals surface area (Å²) in [6.45, 7) is 4.50. The van der Waals surface area contributed by atoms with Gasteiger partial charge in [-0.2, -0.15) is 0 Å². The molecule has 402 valence electrons. The average Bonchev–Trinajstić information content (AvgIpc) is 1.11. The molecule has 84 heavy (non-hydrogen) atoms. The van der Waals surface area contributed by atoms with E-state index in [1.165, 1.54) is 15.6 Å². The molecule has 12 aromatic rings. The number of thiophene rings is 1. The molecular weight excluding hydrogens is 1070 g/mol. The Morgan fingerprint density at radius 1 is 0.571 bits per heavy atom. The Kier molecular flexibility index (Phi) is 12.0. The summed E-state index contributed by atoms with van der Waals surface area (Å²) in [5.74, 6) is -0.206. The highest BCUT2D eigenvalue weighted by atomic mass is 32.2. The molecule has 0 N–H and O–H groups in total. The number of fused-ring (bicyclic) bond motifs is 6. The fourth-order valence-electron chi connectivity index (χ4n) is 13.6. The topological polar surface area (TPSA) is 6.48 Å². The van der Waals surface area contributed by atoms with E-state index >= 15 is 8.78 Å². The summed E-state index contributed by atoms with van der Waals surface area (Å²) in [5.41, 5.74) is 19.5. The van der Waals surface area contributed by atoms with Gasteiger partial charge in [0.05, 0.1) is 43.6 Å². The van der Waals surface area contributed by atoms with Crippen LogP contribution in [0.5, 0.6) is 0 Å². The van der Waals surface area contributed by atoms with E-state index in [9.17, 15) is 0 Å². The number of halogens is 2. The SMILES string of the molecule is CC1C=CC(c2cc(-c3ccccc3)cc(F)c2N(c2cccc3c2SC2(C)C=C=C=CC32)c2ccc3ccc4c(N(c5c(F)cc(C6=CC=CCC6)cc5-c5ccccc5)c5cccc6c5sc5ccccc56)ccc5ccc2c3c54)=CC1. The Hall–Kier alpha value is -9.25. The van der Waals surface area contributed by atoms with E-state index in [2.05, 4.69) is 229 Å². The van der Waals surface area contributed by atoms with Crippen molar-refractivity contribution in [2.24, 2.45) is 5.92 Å². The smallest absolute Gasteiger partial charge is 0.148 e. The highest BCUT2D eigenvalue weighted by molar-refractivity contribution is 8.01. The highest BCUT2D eigenvalue weighted by Gasteiger charge is 2.44. The largest absolute Gasteiger partial charge is 0.305 e. The van der Waals surface area contributed by atoms with Gasteiger partial charge in [0.2, 0.25) is 0 Å². The second kappa shape index (κ2) is 20.0. The monoisotopic (exact) mass is 1120 g/mol. The Bertz CT molecular complexity index is 4950. The van der Waals surface area contributed by atoms with Gasteiger partial charge in [-0.1, -0.05) is 194 Å². The molecule has 11 aromatic carbocycles. The van der Waals surface area contributed by atoms with Gasteiger partial charge in [0.1, 0.15) is 11.6 Å². The van der Waals surface area contributed by atoms with Crippen LogP contribution in [0.3, 0.4) is 0 Å². The lowest BCUT2D eigenvalue weighted by Gasteiger charge is -2.33. The van der Waals surface area contributed by atoms with Crippen LogP contribution in [0.2, 0.25) is 0 Å². The van der Waals surface area contributed by atoms with Gasteiger partial charge in [-0.25, -0.2) is 8.78 Å². The minimum atomic E-state index is -0.317. The lowest BCUT2D eigenvalue weighted by atomic mass is 9.85. The number of allylic oxidation sites excluding steroid dienone is 9. The lowest BCUT2D eigenvalue weighted by molar-refractivity contribution is 0.628. The Labute approximate surface area is 495 Å². The van der Waals surface area contributed by atoms with E-state index in [4.69, 9.17) is 0 Å². The van der Waals surface area contributed by atoms with Gasteiger partial charge < -0.3 is 9.80 Å². The maximum absolute atomic E-state index is 18.6. The molecule has 0 amide bonds. The van der Waals surface area contributed by atoms with E-state index < -0.39 is 0 Å². The fraction of sp³-hybridized carbons (Fsp3) is 0.103. The summed E-state index contributed by atoms with van der Waals surface area (Å²) in [6, 6.07) is 67.5. The van der Waals surface area contributed by atoms with Crippen LogP contribution in [0.15, 0.2) is 259 Å². The van der Waals surface area contributed by atoms with Crippen molar-refractivity contribution in [2.45, 2.75) is 48.7 Å². The van der Waals surface area contributed by atoms with E-state index in [1.54, 1.807) is 23.5 Å². The second-order valence-corrected chi connectivity index (χ2v) is 25.4. The van der Waals surface area contributed by atoms with Crippen molar-refractivity contribution >= 4 is 121 Å². The van der Waals surface area contributed by atoms with Gasteiger partial charge in [-0.15, -0.1) is 23.1 Å². The van der Waals surface area contributed by atoms with Crippen molar-refractivity contribution in [3.8, 4) is 22.3 Å². The summed E-state index contributed by atoms with van der Waals surface area (Å²) in [4.78, 5) is 5.53. The number of nitrogens with zero attached hydrogens (tertiary/aromatic N) is 2. The van der Waals surface area contributed by atoms with Crippen LogP contribution in [0.1, 0.15) is 55.7 Å². The van der Waals surface area contributed by atoms with Gasteiger partial charge in [-0.05, 0) is 159 Å². The predicted molar refractivity (Wildman–Crippen MR) is 354 cm³/mol. The number of anilines is 6. The third-order valence-corrected chi connectivity index (χ3v) is 20.4. The summed E-state index contributed by atoms with van der Waals surface area (Å²) in [5, 5.41) is 8.44. The molecule has 4 aliphatic rings. The quantitative estimate of drug-likeness (QED) is 0.0995. The molecule has 6 heteroatoms. The third-order valence-electron chi connectivity index (χ3n) is 17.7. The molecule has 1 aliphatic heterocycles. The molecule has 0 bridgehead atoms. The van der Waals surface area contributed by atoms with Crippen LogP contribution in [-0.2, 0) is 0 Å². The number of benzene rings is 11. The van der Waals surface area contributed by atoms with Gasteiger partial charge >= 0.3 is 0 Å². The molecular formula is C78H54F2N2S2. The van der Waals surface area contributed by atoms with Crippen LogP contribution < -0.4 is 9.80 Å². The summed E-state index contributed by atoms with van der Waals surface area (Å²) in [7, 11) is 0. The maximum atomic E-state index is 18.6. The van der Waals surface area contributed by atoms with Crippen LogP contribution in [0.25, 0.3) is 85.9 Å². The van der Waals surface area contributed by atoms with Crippen molar-refractivity contribution in [3.05, 3.63) is 283 Å². The van der Waals surface area contributed by atoms with Crippen LogP contribution in [0.4, 0.5) is 42.9 Å². The molecule has 3 unspecified atom stereocenters. The van der Waals surface area contributed by atoms with Gasteiger partial charge in [0.15, 0.2) is 0 Å². The van der Waals surface area contributed by atoms with Crippen molar-refractivity contribution in [1.29, 1.82) is 0 Å². The second-order valence-electron chi connectivity index (χ2n) is 22.9. The van der Waals surface area contributed by atoms with E-state index in [0.717, 1.165) is 134 Å². The van der Waals surface area contributed by atoms with Crippen LogP contribution in [0, 0.1) is 17.6 Å². The number of thioether (sulfide) groups is 1. The first-order valence-electron chi connectivity index (χ1n) is 29.0. The maximum Gasteiger partial charge on any atom is 0.148 e. The van der Waals surface area contributed by atoms with Crippen molar-refractivity contribution in [1.82, 2.24) is 0 Å². The lowest BCUT2D eigenvalue weighted by Crippen LogP contribution is -2.21. The molecule has 3 atom stereocenters. The number of hydrogen-bond acceptors (Lipinski definition) is 4. The minimum absolute atomic E-state index is 0.0573. The van der Waals surface area contributed by atoms with Crippen molar-refractivity contribution < 1.29 is 8.78 Å². The normalized spacial score (nSPS) is 17.9. The Balaban J connectivity index is 0.982. The molecule has 0 saturated heterocycles. The van der Waals surface area contributed by atoms with Gasteiger partial charge in [0, 0.05) is 48.2 Å². The number of rotatable bonds is 10. The zero-order valence-electron chi connectivity index (χ0n) is 46.3. The third kappa shape index (κ3) is 8.12. The summed E-state index contributed by atoms with van der Waals surface area (Å²) in [6.07, 6.45) is 20.0. The first-order chi connectivity index (χ1) is 41.3. The number of hydrogen-bond donors (Lipinski definition) is 0. The molecule has 0 radical (unpaired) electrons.